The minimum atomic E-state index is 0.00663. The molecule has 2 aliphatic carbocycles. The van der Waals surface area contributed by atoms with Gasteiger partial charge in [0.2, 0.25) is 0 Å². The van der Waals surface area contributed by atoms with E-state index < -0.39 is 0 Å². The number of nitrogens with zero attached hydrogens (tertiary/aromatic N) is 2. The van der Waals surface area contributed by atoms with Crippen LogP contribution in [0.1, 0.15) is 162 Å². The lowest BCUT2D eigenvalue weighted by Crippen LogP contribution is -2.60. The standard InChI is InChI=1S/C57H67BN2S/c1-34-28-46-49-47(29-34)60(38-19-21-41-43(33-38)57(14,15)27-25-55(41,10)11)50-39-30-35(52(2,3)4)17-23-48(39)61-51(50)58(49)44-31-36(53(5,6)7)16-22-45(44)59(46)37-18-20-40-42(32-37)56(12,13)26-24-54(40,8)9/h16-23,28-33H,24-27H2,1-15H3. The molecule has 0 atom stereocenters. The van der Waals surface area contributed by atoms with E-state index in [0.29, 0.717) is 0 Å². The number of rotatable bonds is 2. The van der Waals surface area contributed by atoms with Gasteiger partial charge in [-0.25, -0.2) is 0 Å². The molecular formula is C57H67BN2S. The van der Waals surface area contributed by atoms with Crippen molar-refractivity contribution in [2.75, 3.05) is 9.80 Å². The summed E-state index contributed by atoms with van der Waals surface area (Å²) < 4.78 is 2.82. The van der Waals surface area contributed by atoms with Crippen LogP contribution >= 0.6 is 11.3 Å². The Morgan fingerprint density at radius 2 is 0.984 bits per heavy atom. The quantitative estimate of drug-likeness (QED) is 0.160. The molecule has 4 aliphatic rings. The van der Waals surface area contributed by atoms with Gasteiger partial charge in [0.15, 0.2) is 0 Å². The fraction of sp³-hybridized carbons (Fsp3) is 0.439. The number of anilines is 6. The maximum absolute atomic E-state index is 2.70. The van der Waals surface area contributed by atoms with Gasteiger partial charge in [-0.05, 0) is 170 Å². The Kier molecular flexibility index (Phi) is 8.63. The van der Waals surface area contributed by atoms with Crippen molar-refractivity contribution in [1.82, 2.24) is 0 Å². The molecule has 0 unspecified atom stereocenters. The molecule has 0 radical (unpaired) electrons. The molecule has 0 fully saturated rings. The maximum Gasteiger partial charge on any atom is 0.264 e. The zero-order valence-corrected chi connectivity index (χ0v) is 40.6. The molecule has 6 aromatic rings. The van der Waals surface area contributed by atoms with Gasteiger partial charge in [0, 0.05) is 43.3 Å². The van der Waals surface area contributed by atoms with Crippen molar-refractivity contribution in [3.8, 4) is 0 Å². The third-order valence-corrected chi connectivity index (χ3v) is 17.0. The van der Waals surface area contributed by atoms with Crippen LogP contribution in [0.3, 0.4) is 0 Å². The lowest BCUT2D eigenvalue weighted by Gasteiger charge is -2.46. The third kappa shape index (κ3) is 6.15. The zero-order valence-electron chi connectivity index (χ0n) is 39.8. The SMILES string of the molecule is Cc1cc2c3c(c1)N(c1ccc4c(c1)C(C)(C)CCC4(C)C)c1c(sc4ccc(C(C)(C)C)cc14)B3c1cc(C(C)(C)C)ccc1N2c1ccc2c(c1)C(C)(C)CCC2(C)C. The molecular weight excluding hydrogens is 756 g/mol. The molecule has 2 nitrogen and oxygen atoms in total. The molecule has 0 amide bonds. The number of benzene rings is 5. The molecule has 0 saturated carbocycles. The Labute approximate surface area is 371 Å². The van der Waals surface area contributed by atoms with Gasteiger partial charge in [0.05, 0.1) is 5.69 Å². The fourth-order valence-corrected chi connectivity index (χ4v) is 12.8. The molecule has 314 valence electrons. The highest BCUT2D eigenvalue weighted by molar-refractivity contribution is 7.33. The highest BCUT2D eigenvalue weighted by Gasteiger charge is 2.47. The van der Waals surface area contributed by atoms with E-state index in [1.54, 1.807) is 0 Å². The Bertz CT molecular complexity index is 2820. The summed E-state index contributed by atoms with van der Waals surface area (Å²) in [6.45, 7) is 36.2. The largest absolute Gasteiger partial charge is 0.311 e. The Hall–Kier alpha value is -4.28. The fourth-order valence-electron chi connectivity index (χ4n) is 11.5. The van der Waals surface area contributed by atoms with Crippen molar-refractivity contribution < 1.29 is 0 Å². The van der Waals surface area contributed by atoms with E-state index in [2.05, 4.69) is 199 Å². The van der Waals surface area contributed by atoms with E-state index in [-0.39, 0.29) is 39.2 Å². The summed E-state index contributed by atoms with van der Waals surface area (Å²) in [5.74, 6) is 0. The van der Waals surface area contributed by atoms with Crippen LogP contribution in [0.15, 0.2) is 84.9 Å². The minimum absolute atomic E-state index is 0.00663. The van der Waals surface area contributed by atoms with Crippen LogP contribution < -0.4 is 25.5 Å². The first-order valence-electron chi connectivity index (χ1n) is 23.1. The van der Waals surface area contributed by atoms with E-state index in [1.807, 2.05) is 11.3 Å². The van der Waals surface area contributed by atoms with Crippen LogP contribution in [0.2, 0.25) is 0 Å². The van der Waals surface area contributed by atoms with E-state index in [1.165, 1.54) is 125 Å². The summed E-state index contributed by atoms with van der Waals surface area (Å²) in [4.78, 5) is 5.35. The van der Waals surface area contributed by atoms with Crippen molar-refractivity contribution in [2.45, 2.75) is 162 Å². The highest BCUT2D eigenvalue weighted by atomic mass is 32.1. The Morgan fingerprint density at radius 1 is 0.508 bits per heavy atom. The van der Waals surface area contributed by atoms with Crippen LogP contribution in [0.4, 0.5) is 34.1 Å². The number of thiophene rings is 1. The summed E-state index contributed by atoms with van der Waals surface area (Å²) in [6.07, 6.45) is 4.81. The predicted octanol–water partition coefficient (Wildman–Crippen LogP) is 14.6. The monoisotopic (exact) mass is 823 g/mol. The number of aryl methyl sites for hydroxylation is 1. The van der Waals surface area contributed by atoms with Gasteiger partial charge in [-0.3, -0.25) is 0 Å². The lowest BCUT2D eigenvalue weighted by atomic mass is 9.36. The molecule has 0 bridgehead atoms. The van der Waals surface area contributed by atoms with Gasteiger partial charge in [0.1, 0.15) is 0 Å². The average Bonchev–Trinajstić information content (AvgIpc) is 3.56. The normalized spacial score (nSPS) is 19.2. The molecule has 61 heavy (non-hydrogen) atoms. The second-order valence-electron chi connectivity index (χ2n) is 24.1. The van der Waals surface area contributed by atoms with Gasteiger partial charge in [-0.2, -0.15) is 0 Å². The summed E-state index contributed by atoms with van der Waals surface area (Å²) in [7, 11) is 0. The van der Waals surface area contributed by atoms with Crippen LogP contribution in [0.25, 0.3) is 10.1 Å². The summed E-state index contributed by atoms with van der Waals surface area (Å²) in [6, 6.07) is 34.8. The highest BCUT2D eigenvalue weighted by Crippen LogP contribution is 2.53. The van der Waals surface area contributed by atoms with Crippen LogP contribution in [0.5, 0.6) is 0 Å². The summed E-state index contributed by atoms with van der Waals surface area (Å²) in [5, 5.41) is 1.37. The smallest absolute Gasteiger partial charge is 0.264 e. The van der Waals surface area contributed by atoms with E-state index >= 15 is 0 Å². The van der Waals surface area contributed by atoms with Crippen molar-refractivity contribution in [1.29, 1.82) is 0 Å². The molecule has 0 saturated heterocycles. The second kappa shape index (κ2) is 12.9. The molecule has 1 aromatic heterocycles. The molecule has 3 heterocycles. The second-order valence-corrected chi connectivity index (χ2v) is 25.2. The number of hydrogen-bond donors (Lipinski definition) is 0. The Morgan fingerprint density at radius 3 is 1.52 bits per heavy atom. The summed E-state index contributed by atoms with van der Waals surface area (Å²) in [5.41, 5.74) is 21.3. The first-order valence-corrected chi connectivity index (χ1v) is 24.0. The van der Waals surface area contributed by atoms with Crippen LogP contribution in [0, 0.1) is 6.92 Å². The minimum Gasteiger partial charge on any atom is -0.311 e. The van der Waals surface area contributed by atoms with Gasteiger partial charge in [0.25, 0.3) is 6.71 Å². The average molecular weight is 823 g/mol. The predicted molar refractivity (Wildman–Crippen MR) is 269 cm³/mol. The molecule has 5 aromatic carbocycles. The lowest BCUT2D eigenvalue weighted by molar-refractivity contribution is 0.332. The molecule has 4 heteroatoms. The molecule has 0 N–H and O–H groups in total. The van der Waals surface area contributed by atoms with Gasteiger partial charge >= 0.3 is 0 Å². The molecule has 0 spiro atoms. The van der Waals surface area contributed by atoms with E-state index in [9.17, 15) is 0 Å². The topological polar surface area (TPSA) is 6.48 Å². The van der Waals surface area contributed by atoms with Gasteiger partial charge in [-0.15, -0.1) is 11.3 Å². The van der Waals surface area contributed by atoms with Crippen molar-refractivity contribution in [3.05, 3.63) is 124 Å². The van der Waals surface area contributed by atoms with E-state index in [0.717, 1.165) is 0 Å². The van der Waals surface area contributed by atoms with Crippen molar-refractivity contribution in [2.24, 2.45) is 0 Å². The summed E-state index contributed by atoms with van der Waals surface area (Å²) >= 11 is 2.02. The molecule has 10 rings (SSSR count). The van der Waals surface area contributed by atoms with Gasteiger partial charge in [-0.1, -0.05) is 127 Å². The van der Waals surface area contributed by atoms with Crippen molar-refractivity contribution in [3.63, 3.8) is 0 Å². The number of fused-ring (bicyclic) bond motifs is 8. The van der Waals surface area contributed by atoms with E-state index in [4.69, 9.17) is 0 Å². The Balaban J connectivity index is 1.31. The van der Waals surface area contributed by atoms with Gasteiger partial charge < -0.3 is 9.80 Å². The first kappa shape index (κ1) is 40.8. The maximum atomic E-state index is 2.70. The number of hydrogen-bond acceptors (Lipinski definition) is 3. The first-order chi connectivity index (χ1) is 28.4. The zero-order chi connectivity index (χ0) is 43.6. The van der Waals surface area contributed by atoms with Crippen LogP contribution in [-0.4, -0.2) is 6.71 Å². The molecule has 2 aliphatic heterocycles. The third-order valence-electron chi connectivity index (χ3n) is 15.7. The van der Waals surface area contributed by atoms with Crippen molar-refractivity contribution >= 4 is 78.0 Å². The van der Waals surface area contributed by atoms with Crippen LogP contribution in [-0.2, 0) is 32.5 Å².